The molecule has 1 unspecified atom stereocenters. The van der Waals surface area contributed by atoms with Gasteiger partial charge in [0.05, 0.1) is 13.2 Å². The largest absolute Gasteiger partial charge is 0.493 e. The van der Waals surface area contributed by atoms with E-state index in [0.29, 0.717) is 41.7 Å². The predicted octanol–water partition coefficient (Wildman–Crippen LogP) is 2.91. The van der Waals surface area contributed by atoms with Crippen LogP contribution in [0.3, 0.4) is 0 Å². The number of amides is 1. The molecule has 2 aliphatic heterocycles. The van der Waals surface area contributed by atoms with Crippen LogP contribution in [-0.4, -0.2) is 39.1 Å². The smallest absolute Gasteiger partial charge is 0.251 e. The number of benzene rings is 2. The molecule has 0 bridgehead atoms. The highest BCUT2D eigenvalue weighted by Gasteiger charge is 2.18. The average Bonchev–Trinajstić information content (AvgIpc) is 3.41. The minimum atomic E-state index is -0.184. The first-order chi connectivity index (χ1) is 13.7. The van der Waals surface area contributed by atoms with E-state index in [2.05, 4.69) is 5.32 Å². The highest BCUT2D eigenvalue weighted by Crippen LogP contribution is 2.32. The van der Waals surface area contributed by atoms with Crippen LogP contribution in [0.1, 0.15) is 28.8 Å². The first-order valence-electron chi connectivity index (χ1n) is 9.32. The summed E-state index contributed by atoms with van der Waals surface area (Å²) in [5, 5.41) is 2.90. The van der Waals surface area contributed by atoms with Crippen molar-refractivity contribution in [2.75, 3.05) is 27.1 Å². The number of hydrogen-bond donors (Lipinski definition) is 1. The second-order valence-electron chi connectivity index (χ2n) is 6.68. The van der Waals surface area contributed by atoms with E-state index in [9.17, 15) is 4.79 Å². The van der Waals surface area contributed by atoms with Gasteiger partial charge in [-0.3, -0.25) is 4.79 Å². The average molecular weight is 385 g/mol. The summed E-state index contributed by atoms with van der Waals surface area (Å²) in [6.07, 6.45) is 2.24. The van der Waals surface area contributed by atoms with E-state index in [-0.39, 0.29) is 18.8 Å². The quantitative estimate of drug-likeness (QED) is 0.790. The topological polar surface area (TPSA) is 75.3 Å². The van der Waals surface area contributed by atoms with Gasteiger partial charge in [0, 0.05) is 18.7 Å². The molecule has 7 heteroatoms. The lowest BCUT2D eigenvalue weighted by Gasteiger charge is -2.15. The van der Waals surface area contributed by atoms with E-state index >= 15 is 0 Å². The molecule has 0 aromatic heterocycles. The van der Waals surface area contributed by atoms with Crippen LogP contribution in [0.25, 0.3) is 0 Å². The van der Waals surface area contributed by atoms with Gasteiger partial charge in [0.25, 0.3) is 5.91 Å². The van der Waals surface area contributed by atoms with Gasteiger partial charge < -0.3 is 29.0 Å². The first-order valence-corrected chi connectivity index (χ1v) is 9.32. The van der Waals surface area contributed by atoms with Crippen molar-refractivity contribution in [2.24, 2.45) is 0 Å². The molecule has 28 heavy (non-hydrogen) atoms. The minimum absolute atomic E-state index is 0.144. The zero-order chi connectivity index (χ0) is 19.3. The Morgan fingerprint density at radius 1 is 1.14 bits per heavy atom. The third-order valence-corrected chi connectivity index (χ3v) is 4.76. The summed E-state index contributed by atoms with van der Waals surface area (Å²) in [7, 11) is 1.60. The van der Waals surface area contributed by atoms with Crippen LogP contribution in [0.5, 0.6) is 23.0 Å². The maximum Gasteiger partial charge on any atom is 0.251 e. The molecule has 0 radical (unpaired) electrons. The van der Waals surface area contributed by atoms with Crippen molar-refractivity contribution in [3.05, 3.63) is 47.5 Å². The molecular formula is C21H23NO6. The first kappa shape index (κ1) is 18.4. The molecule has 1 saturated heterocycles. The van der Waals surface area contributed by atoms with Crippen molar-refractivity contribution >= 4 is 5.91 Å². The van der Waals surface area contributed by atoms with Gasteiger partial charge in [-0.2, -0.15) is 0 Å². The second kappa shape index (κ2) is 8.39. The molecule has 4 rings (SSSR count). The zero-order valence-corrected chi connectivity index (χ0v) is 15.7. The summed E-state index contributed by atoms with van der Waals surface area (Å²) < 4.78 is 27.4. The van der Waals surface area contributed by atoms with E-state index in [1.54, 1.807) is 25.3 Å². The Balaban J connectivity index is 1.35. The third-order valence-electron chi connectivity index (χ3n) is 4.76. The van der Waals surface area contributed by atoms with E-state index in [4.69, 9.17) is 23.7 Å². The molecular weight excluding hydrogens is 362 g/mol. The lowest BCUT2D eigenvalue weighted by atomic mass is 10.1. The highest BCUT2D eigenvalue weighted by molar-refractivity contribution is 5.94. The molecule has 1 amide bonds. The van der Waals surface area contributed by atoms with Crippen LogP contribution < -0.4 is 24.3 Å². The van der Waals surface area contributed by atoms with E-state index in [1.807, 2.05) is 18.2 Å². The van der Waals surface area contributed by atoms with Gasteiger partial charge in [-0.05, 0) is 48.7 Å². The van der Waals surface area contributed by atoms with Gasteiger partial charge in [0.15, 0.2) is 23.0 Å². The van der Waals surface area contributed by atoms with Crippen LogP contribution in [0.15, 0.2) is 36.4 Å². The van der Waals surface area contributed by atoms with Crippen LogP contribution in [0.4, 0.5) is 0 Å². The normalized spacial score (nSPS) is 17.4. The predicted molar refractivity (Wildman–Crippen MR) is 101 cm³/mol. The van der Waals surface area contributed by atoms with Gasteiger partial charge in [-0.15, -0.1) is 0 Å². The molecule has 2 aliphatic rings. The fourth-order valence-electron chi connectivity index (χ4n) is 3.22. The summed E-state index contributed by atoms with van der Waals surface area (Å²) in [5.74, 6) is 2.36. The summed E-state index contributed by atoms with van der Waals surface area (Å²) >= 11 is 0. The molecule has 148 valence electrons. The minimum Gasteiger partial charge on any atom is -0.493 e. The van der Waals surface area contributed by atoms with Crippen LogP contribution in [0.2, 0.25) is 0 Å². The zero-order valence-electron chi connectivity index (χ0n) is 15.7. The molecule has 7 nitrogen and oxygen atoms in total. The molecule has 0 spiro atoms. The number of nitrogens with one attached hydrogen (secondary N) is 1. The van der Waals surface area contributed by atoms with E-state index in [0.717, 1.165) is 25.0 Å². The van der Waals surface area contributed by atoms with Crippen LogP contribution in [0, 0.1) is 0 Å². The third kappa shape index (κ3) is 4.14. The number of methoxy groups -OCH3 is 1. The van der Waals surface area contributed by atoms with Crippen LogP contribution >= 0.6 is 0 Å². The maximum atomic E-state index is 12.4. The Bertz CT molecular complexity index is 847. The molecule has 2 heterocycles. The van der Waals surface area contributed by atoms with Gasteiger partial charge in [-0.1, -0.05) is 6.07 Å². The van der Waals surface area contributed by atoms with Gasteiger partial charge in [-0.25, -0.2) is 0 Å². The highest BCUT2D eigenvalue weighted by atomic mass is 16.7. The van der Waals surface area contributed by atoms with E-state index in [1.165, 1.54) is 0 Å². The summed E-state index contributed by atoms with van der Waals surface area (Å²) in [6.45, 7) is 1.86. The summed E-state index contributed by atoms with van der Waals surface area (Å²) in [4.78, 5) is 12.4. The Kier molecular flexibility index (Phi) is 5.53. The molecule has 1 atom stereocenters. The summed E-state index contributed by atoms with van der Waals surface area (Å²) in [6, 6.07) is 10.8. The Hall–Kier alpha value is -2.93. The molecule has 2 aromatic rings. The molecule has 1 fully saturated rings. The Morgan fingerprint density at radius 3 is 2.86 bits per heavy atom. The summed E-state index contributed by atoms with van der Waals surface area (Å²) in [5.41, 5.74) is 1.43. The van der Waals surface area contributed by atoms with Gasteiger partial charge in [0.1, 0.15) is 6.61 Å². The monoisotopic (exact) mass is 385 g/mol. The SMILES string of the molecule is COc1cc(CNC(=O)c2ccc3c(c2)OCO3)ccc1OCC1CCCO1. The number of hydrogen-bond acceptors (Lipinski definition) is 6. The van der Waals surface area contributed by atoms with Crippen molar-refractivity contribution in [3.8, 4) is 23.0 Å². The fraction of sp³-hybridized carbons (Fsp3) is 0.381. The number of rotatable bonds is 7. The van der Waals surface area contributed by atoms with Gasteiger partial charge >= 0.3 is 0 Å². The molecule has 0 saturated carbocycles. The number of ether oxygens (including phenoxy) is 5. The number of carbonyl (C=O) groups excluding carboxylic acids is 1. The van der Waals surface area contributed by atoms with Crippen molar-refractivity contribution < 1.29 is 28.5 Å². The standard InChI is InChI=1S/C21H23NO6/c1-24-19-9-14(4-6-17(19)26-12-16-3-2-8-25-16)11-22-21(23)15-5-7-18-20(10-15)28-13-27-18/h4-7,9-10,16H,2-3,8,11-13H2,1H3,(H,22,23). The molecule has 1 N–H and O–H groups in total. The Labute approximate surface area is 163 Å². The van der Waals surface area contributed by atoms with E-state index < -0.39 is 0 Å². The van der Waals surface area contributed by atoms with Crippen LogP contribution in [-0.2, 0) is 11.3 Å². The fourth-order valence-corrected chi connectivity index (χ4v) is 3.22. The van der Waals surface area contributed by atoms with Crippen molar-refractivity contribution in [1.82, 2.24) is 5.32 Å². The molecule has 2 aromatic carbocycles. The maximum absolute atomic E-state index is 12.4. The second-order valence-corrected chi connectivity index (χ2v) is 6.68. The Morgan fingerprint density at radius 2 is 2.04 bits per heavy atom. The number of carbonyl (C=O) groups is 1. The lowest BCUT2D eigenvalue weighted by Crippen LogP contribution is -2.22. The van der Waals surface area contributed by atoms with Crippen molar-refractivity contribution in [1.29, 1.82) is 0 Å². The van der Waals surface area contributed by atoms with Crippen molar-refractivity contribution in [2.45, 2.75) is 25.5 Å². The van der Waals surface area contributed by atoms with Gasteiger partial charge in [0.2, 0.25) is 6.79 Å². The number of fused-ring (bicyclic) bond motifs is 1. The lowest BCUT2D eigenvalue weighted by molar-refractivity contribution is 0.0669. The molecule has 0 aliphatic carbocycles. The van der Waals surface area contributed by atoms with Crippen molar-refractivity contribution in [3.63, 3.8) is 0 Å².